The Morgan fingerprint density at radius 1 is 1.20 bits per heavy atom. The summed E-state index contributed by atoms with van der Waals surface area (Å²) in [6.45, 7) is 0. The summed E-state index contributed by atoms with van der Waals surface area (Å²) < 4.78 is 0. The van der Waals surface area contributed by atoms with Crippen molar-refractivity contribution in [2.24, 2.45) is 0 Å². The van der Waals surface area contributed by atoms with Crippen molar-refractivity contribution in [2.45, 2.75) is 19.3 Å². The summed E-state index contributed by atoms with van der Waals surface area (Å²) in [5.74, 6) is -0.826. The van der Waals surface area contributed by atoms with Gasteiger partial charge in [0.15, 0.2) is 0 Å². The molecular formula is C17H15N3O5. The molecule has 25 heavy (non-hydrogen) atoms. The number of anilines is 2. The van der Waals surface area contributed by atoms with Gasteiger partial charge in [0.05, 0.1) is 10.6 Å². The van der Waals surface area contributed by atoms with Crippen LogP contribution in [-0.4, -0.2) is 21.8 Å². The van der Waals surface area contributed by atoms with Gasteiger partial charge in [-0.25, -0.2) is 0 Å². The molecule has 3 N–H and O–H groups in total. The molecule has 1 aliphatic heterocycles. The molecule has 128 valence electrons. The predicted molar refractivity (Wildman–Crippen MR) is 90.7 cm³/mol. The Kier molecular flexibility index (Phi) is 4.34. The molecule has 0 fully saturated rings. The SMILES string of the molecule is O=C1CCCc2cc(C(=O)Nc3cc([N+](=O)[O-])ccc3O)ccc2N1. The van der Waals surface area contributed by atoms with E-state index >= 15 is 0 Å². The lowest BCUT2D eigenvalue weighted by molar-refractivity contribution is -0.384. The van der Waals surface area contributed by atoms with Gasteiger partial charge in [-0.3, -0.25) is 19.7 Å². The standard InChI is InChI=1S/C17H15N3O5/c21-15-7-5-12(20(24)25)9-14(15)19-17(23)11-4-6-13-10(8-11)2-1-3-16(22)18-13/h4-9,21H,1-3H2,(H,18,22)(H,19,23). The molecule has 0 bridgehead atoms. The fourth-order valence-corrected chi connectivity index (χ4v) is 2.65. The average molecular weight is 341 g/mol. The highest BCUT2D eigenvalue weighted by Crippen LogP contribution is 2.29. The van der Waals surface area contributed by atoms with Crippen molar-refractivity contribution in [3.8, 4) is 5.75 Å². The third-order valence-corrected chi connectivity index (χ3v) is 3.93. The second kappa shape index (κ2) is 6.60. The maximum atomic E-state index is 12.4. The van der Waals surface area contributed by atoms with E-state index in [2.05, 4.69) is 10.6 Å². The zero-order valence-corrected chi connectivity index (χ0v) is 13.1. The second-order valence-electron chi connectivity index (χ2n) is 5.69. The third-order valence-electron chi connectivity index (χ3n) is 3.93. The maximum absolute atomic E-state index is 12.4. The van der Waals surface area contributed by atoms with E-state index in [1.807, 2.05) is 0 Å². The van der Waals surface area contributed by atoms with Gasteiger partial charge in [0, 0.05) is 29.8 Å². The van der Waals surface area contributed by atoms with Crippen molar-refractivity contribution in [2.75, 3.05) is 10.6 Å². The summed E-state index contributed by atoms with van der Waals surface area (Å²) in [6.07, 6.45) is 1.78. The van der Waals surface area contributed by atoms with Crippen LogP contribution >= 0.6 is 0 Å². The minimum atomic E-state index is -0.611. The molecule has 0 saturated heterocycles. The number of nitrogens with one attached hydrogen (secondary N) is 2. The molecule has 0 aliphatic carbocycles. The van der Waals surface area contributed by atoms with E-state index in [9.17, 15) is 24.8 Å². The number of nitro benzene ring substituents is 1. The number of aromatic hydroxyl groups is 1. The number of nitrogens with zero attached hydrogens (tertiary/aromatic N) is 1. The minimum absolute atomic E-state index is 0.0394. The Balaban J connectivity index is 1.85. The van der Waals surface area contributed by atoms with Gasteiger partial charge in [-0.1, -0.05) is 0 Å². The van der Waals surface area contributed by atoms with Crippen molar-refractivity contribution in [3.63, 3.8) is 0 Å². The smallest absolute Gasteiger partial charge is 0.271 e. The molecule has 2 amide bonds. The lowest BCUT2D eigenvalue weighted by Gasteiger charge is -2.10. The monoisotopic (exact) mass is 341 g/mol. The molecule has 8 heteroatoms. The molecule has 0 spiro atoms. The Labute approximate surface area is 142 Å². The summed E-state index contributed by atoms with van der Waals surface area (Å²) in [5.41, 5.74) is 1.58. The zero-order chi connectivity index (χ0) is 18.0. The van der Waals surface area contributed by atoms with Crippen molar-refractivity contribution in [1.29, 1.82) is 0 Å². The number of non-ortho nitro benzene ring substituents is 1. The molecule has 3 rings (SSSR count). The number of phenolic OH excluding ortho intramolecular Hbond substituents is 1. The highest BCUT2D eigenvalue weighted by Gasteiger charge is 2.17. The number of rotatable bonds is 3. The lowest BCUT2D eigenvalue weighted by Crippen LogP contribution is -2.13. The van der Waals surface area contributed by atoms with Crippen LogP contribution in [0, 0.1) is 10.1 Å². The van der Waals surface area contributed by atoms with Crippen LogP contribution in [0.3, 0.4) is 0 Å². The predicted octanol–water partition coefficient (Wildman–Crippen LogP) is 2.83. The molecule has 0 saturated carbocycles. The fourth-order valence-electron chi connectivity index (χ4n) is 2.65. The van der Waals surface area contributed by atoms with Crippen LogP contribution in [0.25, 0.3) is 0 Å². The average Bonchev–Trinajstić information content (AvgIpc) is 2.76. The number of phenols is 1. The van der Waals surface area contributed by atoms with Crippen molar-refractivity contribution >= 4 is 28.9 Å². The summed E-state index contributed by atoms with van der Waals surface area (Å²) in [7, 11) is 0. The van der Waals surface area contributed by atoms with Crippen LogP contribution in [0.4, 0.5) is 17.1 Å². The molecule has 0 unspecified atom stereocenters. The first-order chi connectivity index (χ1) is 11.9. The van der Waals surface area contributed by atoms with Gasteiger partial charge in [-0.2, -0.15) is 0 Å². The van der Waals surface area contributed by atoms with Crippen LogP contribution in [0.15, 0.2) is 36.4 Å². The number of aryl methyl sites for hydroxylation is 1. The normalized spacial score (nSPS) is 13.4. The summed E-state index contributed by atoms with van der Waals surface area (Å²) in [5, 5.41) is 25.9. The zero-order valence-electron chi connectivity index (χ0n) is 13.1. The van der Waals surface area contributed by atoms with Gasteiger partial charge in [0.1, 0.15) is 5.75 Å². The van der Waals surface area contributed by atoms with Crippen LogP contribution in [0.1, 0.15) is 28.8 Å². The van der Waals surface area contributed by atoms with Crippen LogP contribution in [0.5, 0.6) is 5.75 Å². The summed E-state index contributed by atoms with van der Waals surface area (Å²) in [6, 6.07) is 8.27. The maximum Gasteiger partial charge on any atom is 0.271 e. The number of nitro groups is 1. The Bertz CT molecular complexity index is 879. The first kappa shape index (κ1) is 16.4. The number of fused-ring (bicyclic) bond motifs is 1. The molecule has 8 nitrogen and oxygen atoms in total. The van der Waals surface area contributed by atoms with Gasteiger partial charge in [-0.15, -0.1) is 0 Å². The van der Waals surface area contributed by atoms with E-state index in [-0.39, 0.29) is 23.0 Å². The van der Waals surface area contributed by atoms with Gasteiger partial charge in [0.25, 0.3) is 11.6 Å². The van der Waals surface area contributed by atoms with Crippen LogP contribution in [0.2, 0.25) is 0 Å². The number of benzene rings is 2. The summed E-state index contributed by atoms with van der Waals surface area (Å²) >= 11 is 0. The first-order valence-corrected chi connectivity index (χ1v) is 7.65. The molecule has 0 radical (unpaired) electrons. The highest BCUT2D eigenvalue weighted by atomic mass is 16.6. The number of hydrogen-bond acceptors (Lipinski definition) is 5. The minimum Gasteiger partial charge on any atom is -0.506 e. The van der Waals surface area contributed by atoms with E-state index < -0.39 is 10.8 Å². The Hall–Kier alpha value is -3.42. The topological polar surface area (TPSA) is 122 Å². The first-order valence-electron chi connectivity index (χ1n) is 7.65. The fraction of sp³-hybridized carbons (Fsp3) is 0.176. The highest BCUT2D eigenvalue weighted by molar-refractivity contribution is 6.06. The van der Waals surface area contributed by atoms with E-state index in [1.54, 1.807) is 18.2 Å². The number of amides is 2. The van der Waals surface area contributed by atoms with Gasteiger partial charge >= 0.3 is 0 Å². The molecule has 2 aromatic carbocycles. The molecule has 1 aliphatic rings. The van der Waals surface area contributed by atoms with E-state index in [0.717, 1.165) is 23.8 Å². The van der Waals surface area contributed by atoms with E-state index in [0.29, 0.717) is 30.5 Å². The number of hydrogen-bond donors (Lipinski definition) is 3. The van der Waals surface area contributed by atoms with Gasteiger partial charge in [-0.05, 0) is 42.7 Å². The lowest BCUT2D eigenvalue weighted by atomic mass is 10.0. The van der Waals surface area contributed by atoms with Gasteiger partial charge in [0.2, 0.25) is 5.91 Å². The molecular weight excluding hydrogens is 326 g/mol. The van der Waals surface area contributed by atoms with E-state index in [1.165, 1.54) is 0 Å². The number of carbonyl (C=O) groups is 2. The van der Waals surface area contributed by atoms with Crippen molar-refractivity contribution in [3.05, 3.63) is 57.6 Å². The summed E-state index contributed by atoms with van der Waals surface area (Å²) in [4.78, 5) is 34.2. The molecule has 0 aromatic heterocycles. The third kappa shape index (κ3) is 3.57. The Morgan fingerprint density at radius 3 is 2.76 bits per heavy atom. The molecule has 1 heterocycles. The van der Waals surface area contributed by atoms with Gasteiger partial charge < -0.3 is 15.7 Å². The largest absolute Gasteiger partial charge is 0.506 e. The van der Waals surface area contributed by atoms with E-state index in [4.69, 9.17) is 0 Å². The molecule has 0 atom stereocenters. The number of carbonyl (C=O) groups excluding carboxylic acids is 2. The Morgan fingerprint density at radius 2 is 2.00 bits per heavy atom. The van der Waals surface area contributed by atoms with Crippen LogP contribution < -0.4 is 10.6 Å². The van der Waals surface area contributed by atoms with Crippen molar-refractivity contribution in [1.82, 2.24) is 0 Å². The molecule has 2 aromatic rings. The second-order valence-corrected chi connectivity index (χ2v) is 5.69. The van der Waals surface area contributed by atoms with Crippen molar-refractivity contribution < 1.29 is 19.6 Å². The quantitative estimate of drug-likeness (QED) is 0.450. The van der Waals surface area contributed by atoms with Crippen LogP contribution in [-0.2, 0) is 11.2 Å².